The number of aromatic nitrogens is 1. The van der Waals surface area contributed by atoms with Crippen molar-refractivity contribution in [1.29, 1.82) is 0 Å². The van der Waals surface area contributed by atoms with Crippen molar-refractivity contribution in [3.63, 3.8) is 0 Å². The maximum Gasteiger partial charge on any atom is 0.0924 e. The van der Waals surface area contributed by atoms with E-state index in [0.717, 1.165) is 17.8 Å². The van der Waals surface area contributed by atoms with Gasteiger partial charge in [0.05, 0.1) is 5.71 Å². The molecule has 0 fully saturated rings. The maximum atomic E-state index is 9.07. The summed E-state index contributed by atoms with van der Waals surface area (Å²) in [5.74, 6) is 0.171. The highest BCUT2D eigenvalue weighted by Gasteiger charge is 2.14. The molecule has 1 unspecified atom stereocenters. The lowest BCUT2D eigenvalue weighted by atomic mass is 9.99. The molecule has 0 bridgehead atoms. The molecule has 0 spiro atoms. The fourth-order valence-electron chi connectivity index (χ4n) is 1.69. The monoisotopic (exact) mass is 221 g/mol. The van der Waals surface area contributed by atoms with Crippen LogP contribution in [0.4, 0.5) is 0 Å². The van der Waals surface area contributed by atoms with Gasteiger partial charge in [-0.3, -0.25) is 4.98 Å². The predicted octanol–water partition coefficient (Wildman–Crippen LogP) is 1.77. The van der Waals surface area contributed by atoms with Crippen LogP contribution in [0, 0.1) is 12.8 Å². The first kappa shape index (κ1) is 12.6. The molecule has 0 saturated carbocycles. The summed E-state index contributed by atoms with van der Waals surface area (Å²) < 4.78 is 0. The van der Waals surface area contributed by atoms with Gasteiger partial charge in [0.25, 0.3) is 0 Å². The average molecular weight is 221 g/mol. The number of nitrogens with zero attached hydrogens (tertiary/aromatic N) is 3. The first-order valence-electron chi connectivity index (χ1n) is 5.34. The average Bonchev–Trinajstić information content (AvgIpc) is 2.21. The van der Waals surface area contributed by atoms with Crippen molar-refractivity contribution in [1.82, 2.24) is 9.88 Å². The van der Waals surface area contributed by atoms with Crippen molar-refractivity contribution in [2.24, 2.45) is 11.1 Å². The number of hydrogen-bond donors (Lipinski definition) is 1. The van der Waals surface area contributed by atoms with Gasteiger partial charge in [-0.15, -0.1) is 0 Å². The lowest BCUT2D eigenvalue weighted by Gasteiger charge is -2.17. The molecule has 16 heavy (non-hydrogen) atoms. The highest BCUT2D eigenvalue weighted by molar-refractivity contribution is 6.01. The number of hydrogen-bond acceptors (Lipinski definition) is 4. The molecule has 1 N–H and O–H groups in total. The van der Waals surface area contributed by atoms with Gasteiger partial charge in [0.15, 0.2) is 0 Å². The van der Waals surface area contributed by atoms with E-state index in [1.54, 1.807) is 6.20 Å². The topological polar surface area (TPSA) is 48.7 Å². The van der Waals surface area contributed by atoms with Gasteiger partial charge in [0.2, 0.25) is 0 Å². The van der Waals surface area contributed by atoms with E-state index in [4.69, 9.17) is 5.21 Å². The minimum absolute atomic E-state index is 0.171. The second-order valence-electron chi connectivity index (χ2n) is 4.34. The molecule has 88 valence electrons. The first-order valence-corrected chi connectivity index (χ1v) is 5.34. The lowest BCUT2D eigenvalue weighted by Crippen LogP contribution is -2.26. The number of oxime groups is 1. The van der Waals surface area contributed by atoms with Crippen molar-refractivity contribution >= 4 is 5.71 Å². The summed E-state index contributed by atoms with van der Waals surface area (Å²) in [6.45, 7) is 4.81. The van der Waals surface area contributed by atoms with Gasteiger partial charge < -0.3 is 10.1 Å². The van der Waals surface area contributed by atoms with Crippen LogP contribution >= 0.6 is 0 Å². The van der Waals surface area contributed by atoms with E-state index in [0.29, 0.717) is 5.71 Å². The molecule has 0 radical (unpaired) electrons. The second kappa shape index (κ2) is 5.61. The van der Waals surface area contributed by atoms with E-state index in [1.165, 1.54) is 0 Å². The number of rotatable bonds is 4. The van der Waals surface area contributed by atoms with Crippen molar-refractivity contribution in [2.45, 2.75) is 13.8 Å². The van der Waals surface area contributed by atoms with Crippen LogP contribution in [0.5, 0.6) is 0 Å². The largest absolute Gasteiger partial charge is 0.411 e. The van der Waals surface area contributed by atoms with E-state index < -0.39 is 0 Å². The van der Waals surface area contributed by atoms with Crippen molar-refractivity contribution in [3.05, 3.63) is 29.6 Å². The van der Waals surface area contributed by atoms with E-state index in [1.807, 2.05) is 40.1 Å². The highest BCUT2D eigenvalue weighted by Crippen LogP contribution is 2.10. The molecular formula is C12H19N3O. The fourth-order valence-corrected chi connectivity index (χ4v) is 1.69. The highest BCUT2D eigenvalue weighted by atomic mass is 16.4. The fraction of sp³-hybridized carbons (Fsp3) is 0.500. The molecule has 1 rings (SSSR count). The Morgan fingerprint density at radius 3 is 2.62 bits per heavy atom. The summed E-state index contributed by atoms with van der Waals surface area (Å²) in [5, 5.41) is 12.5. The van der Waals surface area contributed by atoms with Crippen LogP contribution in [-0.4, -0.2) is 41.4 Å². The van der Waals surface area contributed by atoms with Gasteiger partial charge in [-0.2, -0.15) is 0 Å². The molecule has 1 aromatic heterocycles. The minimum Gasteiger partial charge on any atom is -0.411 e. The van der Waals surface area contributed by atoms with Gasteiger partial charge in [-0.1, -0.05) is 12.1 Å². The Balaban J connectivity index is 2.87. The molecule has 0 aromatic carbocycles. The second-order valence-corrected chi connectivity index (χ2v) is 4.34. The molecular weight excluding hydrogens is 202 g/mol. The van der Waals surface area contributed by atoms with Crippen LogP contribution in [0.15, 0.2) is 23.5 Å². The normalized spacial score (nSPS) is 14.2. The number of aryl methyl sites for hydroxylation is 1. The molecule has 0 aliphatic rings. The molecule has 4 nitrogen and oxygen atoms in total. The summed E-state index contributed by atoms with van der Waals surface area (Å²) in [7, 11) is 4.00. The summed E-state index contributed by atoms with van der Waals surface area (Å²) in [5.41, 5.74) is 2.52. The first-order chi connectivity index (χ1) is 7.54. The summed E-state index contributed by atoms with van der Waals surface area (Å²) in [6, 6.07) is 3.85. The van der Waals surface area contributed by atoms with Crippen molar-refractivity contribution in [2.75, 3.05) is 20.6 Å². The zero-order valence-corrected chi connectivity index (χ0v) is 10.3. The van der Waals surface area contributed by atoms with E-state index >= 15 is 0 Å². The molecule has 1 atom stereocenters. The quantitative estimate of drug-likeness (QED) is 0.479. The Morgan fingerprint density at radius 2 is 2.19 bits per heavy atom. The zero-order valence-electron chi connectivity index (χ0n) is 10.3. The standard InChI is InChI=1S/C12H19N3O/c1-9(8-15(3)4)12(14-16)11-6-5-10(2)13-7-11/h5-7,9,16H,8H2,1-4H3/b14-12+. The molecule has 0 aliphatic heterocycles. The van der Waals surface area contributed by atoms with E-state index in [-0.39, 0.29) is 5.92 Å². The molecule has 0 aliphatic carbocycles. The van der Waals surface area contributed by atoms with Crippen LogP contribution in [0.2, 0.25) is 0 Å². The van der Waals surface area contributed by atoms with E-state index in [2.05, 4.69) is 15.0 Å². The minimum atomic E-state index is 0.171. The third-order valence-electron chi connectivity index (χ3n) is 2.42. The summed E-state index contributed by atoms with van der Waals surface area (Å²) in [4.78, 5) is 6.27. The van der Waals surface area contributed by atoms with E-state index in [9.17, 15) is 0 Å². The third-order valence-corrected chi connectivity index (χ3v) is 2.42. The Hall–Kier alpha value is -1.42. The Labute approximate surface area is 96.6 Å². The van der Waals surface area contributed by atoms with Crippen LogP contribution in [0.1, 0.15) is 18.2 Å². The predicted molar refractivity (Wildman–Crippen MR) is 65.0 cm³/mol. The summed E-state index contributed by atoms with van der Waals surface area (Å²) >= 11 is 0. The third kappa shape index (κ3) is 3.31. The van der Waals surface area contributed by atoms with Crippen LogP contribution < -0.4 is 0 Å². The van der Waals surface area contributed by atoms with Gasteiger partial charge in [0, 0.05) is 29.9 Å². The Bertz CT molecular complexity index is 357. The molecule has 1 aromatic rings. The van der Waals surface area contributed by atoms with Gasteiger partial charge >= 0.3 is 0 Å². The molecule has 4 heteroatoms. The molecule has 1 heterocycles. The van der Waals surface area contributed by atoms with Gasteiger partial charge in [0.1, 0.15) is 0 Å². The van der Waals surface area contributed by atoms with Crippen molar-refractivity contribution in [3.8, 4) is 0 Å². The summed E-state index contributed by atoms with van der Waals surface area (Å²) in [6.07, 6.45) is 1.75. The lowest BCUT2D eigenvalue weighted by molar-refractivity contribution is 0.310. The van der Waals surface area contributed by atoms with Crippen LogP contribution in [0.25, 0.3) is 0 Å². The van der Waals surface area contributed by atoms with Gasteiger partial charge in [-0.25, -0.2) is 0 Å². The van der Waals surface area contributed by atoms with Crippen LogP contribution in [-0.2, 0) is 0 Å². The number of pyridine rings is 1. The SMILES string of the molecule is Cc1ccc(/C(=N/O)C(C)CN(C)C)cn1. The Morgan fingerprint density at radius 1 is 1.50 bits per heavy atom. The maximum absolute atomic E-state index is 9.07. The molecule has 0 saturated heterocycles. The van der Waals surface area contributed by atoms with Crippen molar-refractivity contribution < 1.29 is 5.21 Å². The van der Waals surface area contributed by atoms with Gasteiger partial charge in [-0.05, 0) is 33.2 Å². The molecule has 0 amide bonds. The Kier molecular flexibility index (Phi) is 4.43. The smallest absolute Gasteiger partial charge is 0.0924 e. The zero-order chi connectivity index (χ0) is 12.1. The van der Waals surface area contributed by atoms with Crippen LogP contribution in [0.3, 0.4) is 0 Å².